The van der Waals surface area contributed by atoms with E-state index in [1.165, 1.54) is 46.9 Å². The topological polar surface area (TPSA) is 88.2 Å². The molecule has 0 radical (unpaired) electrons. The van der Waals surface area contributed by atoms with Gasteiger partial charge in [-0.05, 0) is 41.8 Å². The number of thiazole rings is 1. The summed E-state index contributed by atoms with van der Waals surface area (Å²) in [5, 5.41) is 7.23. The molecule has 0 spiro atoms. The van der Waals surface area contributed by atoms with E-state index in [-0.39, 0.29) is 10.8 Å². The molecule has 0 saturated carbocycles. The van der Waals surface area contributed by atoms with Gasteiger partial charge >= 0.3 is 0 Å². The predicted molar refractivity (Wildman–Crippen MR) is 122 cm³/mol. The van der Waals surface area contributed by atoms with Crippen LogP contribution in [0.5, 0.6) is 0 Å². The van der Waals surface area contributed by atoms with Crippen LogP contribution < -0.4 is 10.0 Å². The molecule has 0 saturated heterocycles. The Kier molecular flexibility index (Phi) is 5.87. The minimum absolute atomic E-state index is 0.101. The van der Waals surface area contributed by atoms with Crippen molar-refractivity contribution in [3.8, 4) is 11.3 Å². The number of halogens is 1. The first-order valence-corrected chi connectivity index (χ1v) is 12.2. The zero-order valence-corrected chi connectivity index (χ0v) is 18.4. The van der Waals surface area contributed by atoms with Gasteiger partial charge in [-0.25, -0.2) is 13.4 Å². The van der Waals surface area contributed by atoms with Gasteiger partial charge in [0.1, 0.15) is 0 Å². The normalized spacial score (nSPS) is 11.2. The van der Waals surface area contributed by atoms with Crippen LogP contribution in [0.25, 0.3) is 11.3 Å². The van der Waals surface area contributed by atoms with E-state index in [4.69, 9.17) is 11.6 Å². The summed E-state index contributed by atoms with van der Waals surface area (Å²) in [5.74, 6) is -0.234. The van der Waals surface area contributed by atoms with Crippen LogP contribution in [-0.2, 0) is 10.0 Å². The number of aromatic nitrogens is 1. The van der Waals surface area contributed by atoms with Crippen LogP contribution in [0.4, 0.5) is 10.8 Å². The van der Waals surface area contributed by atoms with Gasteiger partial charge in [-0.1, -0.05) is 35.9 Å². The molecular weight excluding hydrogens is 462 g/mol. The lowest BCUT2D eigenvalue weighted by atomic mass is 10.1. The van der Waals surface area contributed by atoms with Crippen LogP contribution in [0, 0.1) is 0 Å². The van der Waals surface area contributed by atoms with E-state index in [0.29, 0.717) is 32.0 Å². The second kappa shape index (κ2) is 8.57. The summed E-state index contributed by atoms with van der Waals surface area (Å²) in [6, 6.07) is 16.4. The minimum atomic E-state index is -3.80. The highest BCUT2D eigenvalue weighted by Crippen LogP contribution is 2.32. The predicted octanol–water partition coefficient (Wildman–Crippen LogP) is 5.58. The molecule has 0 unspecified atom stereocenters. The third-order valence-corrected chi connectivity index (χ3v) is 7.30. The number of carbonyl (C=O) groups is 1. The summed E-state index contributed by atoms with van der Waals surface area (Å²) < 4.78 is 28.1. The molecule has 2 heterocycles. The maximum absolute atomic E-state index is 12.8. The smallest absolute Gasteiger partial charge is 0.267 e. The van der Waals surface area contributed by atoms with Crippen LogP contribution in [0.15, 0.2) is 76.3 Å². The molecule has 0 aliphatic heterocycles. The Morgan fingerprint density at radius 3 is 2.47 bits per heavy atom. The molecule has 1 amide bonds. The molecule has 0 aliphatic rings. The Morgan fingerprint density at radius 1 is 0.967 bits per heavy atom. The van der Waals surface area contributed by atoms with Crippen molar-refractivity contribution < 1.29 is 13.2 Å². The highest BCUT2D eigenvalue weighted by molar-refractivity contribution is 7.92. The lowest BCUT2D eigenvalue weighted by molar-refractivity contribution is 0.103. The van der Waals surface area contributed by atoms with Crippen molar-refractivity contribution in [3.05, 3.63) is 81.3 Å². The van der Waals surface area contributed by atoms with E-state index in [9.17, 15) is 13.2 Å². The molecular formula is C20H14ClN3O3S3. The van der Waals surface area contributed by atoms with E-state index in [0.717, 1.165) is 0 Å². The Morgan fingerprint density at radius 2 is 1.73 bits per heavy atom. The van der Waals surface area contributed by atoms with Gasteiger partial charge in [0.2, 0.25) is 0 Å². The average Bonchev–Trinajstić information content (AvgIpc) is 3.41. The van der Waals surface area contributed by atoms with Crippen LogP contribution in [0.1, 0.15) is 9.67 Å². The van der Waals surface area contributed by atoms with Gasteiger partial charge in [0.05, 0.1) is 21.2 Å². The first kappa shape index (κ1) is 20.5. The van der Waals surface area contributed by atoms with E-state index in [1.807, 2.05) is 5.38 Å². The highest BCUT2D eigenvalue weighted by atomic mass is 35.5. The standard InChI is InChI=1S/C20H14ClN3O3S3/c21-13-7-9-14(10-8-13)30(26,27)24-16-5-2-1-4-15(16)17-12-29-20(22-17)23-19(25)18-6-3-11-28-18/h1-12,24H,(H,22,23,25). The van der Waals surface area contributed by atoms with Gasteiger partial charge in [-0.15, -0.1) is 22.7 Å². The third-order valence-electron chi connectivity index (χ3n) is 4.04. The van der Waals surface area contributed by atoms with Crippen LogP contribution in [0.3, 0.4) is 0 Å². The number of anilines is 2. The number of nitrogens with one attached hydrogen (secondary N) is 2. The molecule has 2 aromatic carbocycles. The first-order valence-electron chi connectivity index (χ1n) is 8.60. The number of para-hydroxylation sites is 1. The number of hydrogen-bond acceptors (Lipinski definition) is 6. The molecule has 2 N–H and O–H groups in total. The minimum Gasteiger partial charge on any atom is -0.297 e. The first-order chi connectivity index (χ1) is 14.4. The van der Waals surface area contributed by atoms with Crippen molar-refractivity contribution in [2.24, 2.45) is 0 Å². The summed E-state index contributed by atoms with van der Waals surface area (Å²) in [6.45, 7) is 0. The number of thiophene rings is 1. The van der Waals surface area contributed by atoms with Gasteiger partial charge in [0.25, 0.3) is 15.9 Å². The zero-order valence-electron chi connectivity index (χ0n) is 15.2. The second-order valence-corrected chi connectivity index (χ2v) is 10.00. The van der Waals surface area contributed by atoms with Crippen molar-refractivity contribution in [1.82, 2.24) is 4.98 Å². The van der Waals surface area contributed by atoms with Gasteiger partial charge < -0.3 is 0 Å². The summed E-state index contributed by atoms with van der Waals surface area (Å²) in [7, 11) is -3.80. The quantitative estimate of drug-likeness (QED) is 0.381. The largest absolute Gasteiger partial charge is 0.297 e. The lowest BCUT2D eigenvalue weighted by Gasteiger charge is -2.11. The third kappa shape index (κ3) is 4.54. The van der Waals surface area contributed by atoms with Crippen molar-refractivity contribution in [1.29, 1.82) is 0 Å². The molecule has 0 fully saturated rings. The number of benzene rings is 2. The molecule has 0 aliphatic carbocycles. The second-order valence-electron chi connectivity index (χ2n) is 6.07. The maximum Gasteiger partial charge on any atom is 0.267 e. The monoisotopic (exact) mass is 475 g/mol. The molecule has 30 heavy (non-hydrogen) atoms. The van der Waals surface area contributed by atoms with E-state index in [2.05, 4.69) is 15.0 Å². The zero-order chi connectivity index (χ0) is 21.1. The number of hydrogen-bond donors (Lipinski definition) is 2. The summed E-state index contributed by atoms with van der Waals surface area (Å²) >= 11 is 8.45. The molecule has 2 aromatic heterocycles. The van der Waals surface area contributed by atoms with Gasteiger partial charge in [-0.3, -0.25) is 14.8 Å². The average molecular weight is 476 g/mol. The van der Waals surface area contributed by atoms with E-state index >= 15 is 0 Å². The van der Waals surface area contributed by atoms with Crippen molar-refractivity contribution in [2.45, 2.75) is 4.90 Å². The van der Waals surface area contributed by atoms with Gasteiger partial charge in [0.15, 0.2) is 5.13 Å². The molecule has 0 atom stereocenters. The Balaban J connectivity index is 1.59. The van der Waals surface area contributed by atoms with Crippen molar-refractivity contribution in [3.63, 3.8) is 0 Å². The van der Waals surface area contributed by atoms with Gasteiger partial charge in [0, 0.05) is 16.0 Å². The fourth-order valence-electron chi connectivity index (χ4n) is 2.63. The van der Waals surface area contributed by atoms with Crippen molar-refractivity contribution in [2.75, 3.05) is 10.0 Å². The number of amides is 1. The molecule has 0 bridgehead atoms. The summed E-state index contributed by atoms with van der Waals surface area (Å²) in [5.41, 5.74) is 1.53. The van der Waals surface area contributed by atoms with Crippen LogP contribution >= 0.6 is 34.3 Å². The Hall–Kier alpha value is -2.72. The molecule has 4 aromatic rings. The van der Waals surface area contributed by atoms with E-state index in [1.54, 1.807) is 41.8 Å². The van der Waals surface area contributed by atoms with Gasteiger partial charge in [-0.2, -0.15) is 0 Å². The number of sulfonamides is 1. The molecule has 10 heteroatoms. The Labute approximate surface area is 186 Å². The maximum atomic E-state index is 12.8. The fourth-order valence-corrected chi connectivity index (χ4v) is 5.16. The molecule has 6 nitrogen and oxygen atoms in total. The number of carbonyl (C=O) groups excluding carboxylic acids is 1. The molecule has 4 rings (SSSR count). The van der Waals surface area contributed by atoms with Crippen LogP contribution in [0.2, 0.25) is 5.02 Å². The molecule has 152 valence electrons. The van der Waals surface area contributed by atoms with E-state index < -0.39 is 10.0 Å². The lowest BCUT2D eigenvalue weighted by Crippen LogP contribution is -2.13. The van der Waals surface area contributed by atoms with Crippen molar-refractivity contribution >= 4 is 61.0 Å². The van der Waals surface area contributed by atoms with Crippen LogP contribution in [-0.4, -0.2) is 19.3 Å². The summed E-state index contributed by atoms with van der Waals surface area (Å²) in [4.78, 5) is 17.4. The Bertz CT molecular complexity index is 1280. The summed E-state index contributed by atoms with van der Waals surface area (Å²) in [6.07, 6.45) is 0. The number of nitrogens with zero attached hydrogens (tertiary/aromatic N) is 1. The fraction of sp³-hybridized carbons (Fsp3) is 0. The SMILES string of the molecule is O=C(Nc1nc(-c2ccccc2NS(=O)(=O)c2ccc(Cl)cc2)cs1)c1cccs1. The highest BCUT2D eigenvalue weighted by Gasteiger charge is 2.18. The number of rotatable bonds is 6.